The first kappa shape index (κ1) is 23.6. The number of nitrogens with one attached hydrogen (secondary N) is 1. The van der Waals surface area contributed by atoms with Gasteiger partial charge in [-0.2, -0.15) is 15.3 Å². The van der Waals surface area contributed by atoms with Gasteiger partial charge < -0.3 is 9.88 Å². The number of aryl methyl sites for hydroxylation is 1. The van der Waals surface area contributed by atoms with Gasteiger partial charge in [0.15, 0.2) is 5.65 Å². The summed E-state index contributed by atoms with van der Waals surface area (Å²) in [5.41, 5.74) is 4.07. The van der Waals surface area contributed by atoms with Gasteiger partial charge in [-0.15, -0.1) is 0 Å². The Balaban J connectivity index is 1.85. The summed E-state index contributed by atoms with van der Waals surface area (Å²) in [5.74, 6) is 0.659. The first-order valence-electron chi connectivity index (χ1n) is 11.6. The van der Waals surface area contributed by atoms with Crippen LogP contribution in [0, 0.1) is 17.2 Å². The number of aromatic nitrogens is 6. The van der Waals surface area contributed by atoms with Gasteiger partial charge in [0, 0.05) is 43.4 Å². The zero-order chi connectivity index (χ0) is 25.6. The summed E-state index contributed by atoms with van der Waals surface area (Å²) in [7, 11) is 3.62. The number of anilines is 1. The molecule has 5 rings (SSSR count). The molecule has 4 aromatic heterocycles. The standard InChI is InChI=1S/C26H25ClN8O/c1-15(2)12-34-25-22(24(29-3)31-26(34)36)23(21-9-16(11-28)13-33(21)4)35(32-25)14-17-7-8-30-20-6-5-18(27)10-19(17)20/h5-10,13,15H,12,14H2,1-4H3,(H,29,31,36). The van der Waals surface area contributed by atoms with Crippen LogP contribution in [-0.2, 0) is 20.1 Å². The van der Waals surface area contributed by atoms with Crippen LogP contribution in [0.4, 0.5) is 5.82 Å². The highest BCUT2D eigenvalue weighted by molar-refractivity contribution is 6.31. The number of pyridine rings is 1. The molecule has 0 fully saturated rings. The predicted octanol–water partition coefficient (Wildman–Crippen LogP) is 4.42. The largest absolute Gasteiger partial charge is 0.372 e. The lowest BCUT2D eigenvalue weighted by Gasteiger charge is -2.12. The van der Waals surface area contributed by atoms with Crippen LogP contribution in [0.3, 0.4) is 0 Å². The lowest BCUT2D eigenvalue weighted by atomic mass is 10.1. The fraction of sp³-hybridized carbons (Fsp3) is 0.269. The molecule has 0 saturated heterocycles. The normalized spacial score (nSPS) is 11.5. The Kier molecular flexibility index (Phi) is 5.98. The summed E-state index contributed by atoms with van der Waals surface area (Å²) in [6.45, 7) is 4.97. The van der Waals surface area contributed by atoms with Crippen LogP contribution in [-0.4, -0.2) is 35.9 Å². The Morgan fingerprint density at radius 3 is 2.72 bits per heavy atom. The molecule has 0 unspecified atom stereocenters. The molecular weight excluding hydrogens is 476 g/mol. The molecule has 0 aliphatic rings. The first-order valence-corrected chi connectivity index (χ1v) is 12.0. The van der Waals surface area contributed by atoms with Crippen molar-refractivity contribution in [3.05, 3.63) is 69.4 Å². The Morgan fingerprint density at radius 1 is 1.22 bits per heavy atom. The molecule has 0 aliphatic heterocycles. The van der Waals surface area contributed by atoms with Gasteiger partial charge in [-0.25, -0.2) is 4.79 Å². The van der Waals surface area contributed by atoms with Gasteiger partial charge in [-0.1, -0.05) is 25.4 Å². The van der Waals surface area contributed by atoms with E-state index in [1.807, 2.05) is 60.5 Å². The summed E-state index contributed by atoms with van der Waals surface area (Å²) in [5, 5.41) is 19.8. The van der Waals surface area contributed by atoms with Gasteiger partial charge in [0.1, 0.15) is 11.9 Å². The van der Waals surface area contributed by atoms with Crippen LogP contribution >= 0.6 is 11.6 Å². The van der Waals surface area contributed by atoms with Crippen molar-refractivity contribution < 1.29 is 0 Å². The van der Waals surface area contributed by atoms with Crippen LogP contribution in [0.5, 0.6) is 0 Å². The van der Waals surface area contributed by atoms with E-state index in [0.29, 0.717) is 35.1 Å². The van der Waals surface area contributed by atoms with Crippen molar-refractivity contribution in [3.63, 3.8) is 0 Å². The highest BCUT2D eigenvalue weighted by Crippen LogP contribution is 2.34. The number of nitriles is 1. The quantitative estimate of drug-likeness (QED) is 0.370. The van der Waals surface area contributed by atoms with E-state index >= 15 is 0 Å². The summed E-state index contributed by atoms with van der Waals surface area (Å²) in [6, 6.07) is 11.6. The maximum atomic E-state index is 13.0. The average Bonchev–Trinajstić information content (AvgIpc) is 3.40. The number of benzene rings is 1. The van der Waals surface area contributed by atoms with Crippen molar-refractivity contribution in [1.29, 1.82) is 5.26 Å². The second-order valence-electron chi connectivity index (χ2n) is 9.17. The van der Waals surface area contributed by atoms with Crippen molar-refractivity contribution in [3.8, 4) is 17.5 Å². The van der Waals surface area contributed by atoms with E-state index in [4.69, 9.17) is 16.7 Å². The maximum absolute atomic E-state index is 13.0. The van der Waals surface area contributed by atoms with Crippen LogP contribution in [0.1, 0.15) is 25.0 Å². The molecule has 1 N–H and O–H groups in total. The predicted molar refractivity (Wildman–Crippen MR) is 141 cm³/mol. The fourth-order valence-electron chi connectivity index (χ4n) is 4.58. The van der Waals surface area contributed by atoms with Crippen molar-refractivity contribution in [1.82, 2.24) is 28.9 Å². The zero-order valence-electron chi connectivity index (χ0n) is 20.4. The molecule has 0 spiro atoms. The Hall–Kier alpha value is -4.16. The van der Waals surface area contributed by atoms with Crippen molar-refractivity contribution >= 4 is 39.4 Å². The molecule has 4 heterocycles. The van der Waals surface area contributed by atoms with E-state index in [9.17, 15) is 10.1 Å². The molecule has 1 aromatic carbocycles. The summed E-state index contributed by atoms with van der Waals surface area (Å²) < 4.78 is 5.39. The second-order valence-corrected chi connectivity index (χ2v) is 9.61. The summed E-state index contributed by atoms with van der Waals surface area (Å²) >= 11 is 6.31. The SMILES string of the molecule is CNc1nc(=O)n(CC(C)C)c2nn(Cc3ccnc4ccc(Cl)cc34)c(-c3cc(C#N)cn3C)c12. The smallest absolute Gasteiger partial charge is 0.351 e. The number of hydrogen-bond donors (Lipinski definition) is 1. The first-order chi connectivity index (χ1) is 17.3. The number of fused-ring (bicyclic) bond motifs is 2. The molecule has 0 saturated carbocycles. The molecule has 0 bridgehead atoms. The van der Waals surface area contributed by atoms with Crippen molar-refractivity contribution in [2.75, 3.05) is 12.4 Å². The monoisotopic (exact) mass is 500 g/mol. The molecule has 0 amide bonds. The highest BCUT2D eigenvalue weighted by Gasteiger charge is 2.24. The van der Waals surface area contributed by atoms with Gasteiger partial charge in [0.05, 0.1) is 34.4 Å². The van der Waals surface area contributed by atoms with Gasteiger partial charge >= 0.3 is 5.69 Å². The summed E-state index contributed by atoms with van der Waals surface area (Å²) in [4.78, 5) is 21.8. The second kappa shape index (κ2) is 9.13. The Labute approximate surface area is 212 Å². The third-order valence-corrected chi connectivity index (χ3v) is 6.38. The third kappa shape index (κ3) is 3.99. The van der Waals surface area contributed by atoms with Gasteiger partial charge in [-0.05, 0) is 41.8 Å². The fourth-order valence-corrected chi connectivity index (χ4v) is 4.75. The third-order valence-electron chi connectivity index (χ3n) is 6.14. The minimum atomic E-state index is -0.359. The number of halogens is 1. The van der Waals surface area contributed by atoms with E-state index < -0.39 is 0 Å². The van der Waals surface area contributed by atoms with E-state index in [-0.39, 0.29) is 11.6 Å². The van der Waals surface area contributed by atoms with E-state index in [2.05, 4.69) is 21.4 Å². The molecule has 0 radical (unpaired) electrons. The van der Waals surface area contributed by atoms with Crippen LogP contribution < -0.4 is 11.0 Å². The minimum Gasteiger partial charge on any atom is -0.372 e. The van der Waals surface area contributed by atoms with E-state index in [1.165, 1.54) is 0 Å². The highest BCUT2D eigenvalue weighted by atomic mass is 35.5. The van der Waals surface area contributed by atoms with Crippen LogP contribution in [0.15, 0.2) is 47.5 Å². The lowest BCUT2D eigenvalue weighted by Crippen LogP contribution is -2.26. The lowest BCUT2D eigenvalue weighted by molar-refractivity contribution is 0.512. The number of nitrogens with zero attached hydrogens (tertiary/aromatic N) is 7. The Bertz CT molecular complexity index is 1720. The zero-order valence-corrected chi connectivity index (χ0v) is 21.2. The molecular formula is C26H25ClN8O. The molecule has 9 nitrogen and oxygen atoms in total. The molecule has 5 aromatic rings. The molecule has 10 heteroatoms. The maximum Gasteiger partial charge on any atom is 0.351 e. The molecule has 182 valence electrons. The average molecular weight is 501 g/mol. The van der Waals surface area contributed by atoms with Crippen molar-refractivity contribution in [2.45, 2.75) is 26.9 Å². The van der Waals surface area contributed by atoms with E-state index in [0.717, 1.165) is 33.2 Å². The summed E-state index contributed by atoms with van der Waals surface area (Å²) in [6.07, 6.45) is 3.54. The van der Waals surface area contributed by atoms with Gasteiger partial charge in [0.2, 0.25) is 0 Å². The minimum absolute atomic E-state index is 0.216. The number of rotatable bonds is 6. The Morgan fingerprint density at radius 2 is 2.03 bits per heavy atom. The van der Waals surface area contributed by atoms with Gasteiger partial charge in [-0.3, -0.25) is 14.2 Å². The van der Waals surface area contributed by atoms with Gasteiger partial charge in [0.25, 0.3) is 0 Å². The number of hydrogen-bond acceptors (Lipinski definition) is 6. The molecule has 36 heavy (non-hydrogen) atoms. The molecule has 0 atom stereocenters. The van der Waals surface area contributed by atoms with Crippen molar-refractivity contribution in [2.24, 2.45) is 13.0 Å². The van der Waals surface area contributed by atoms with Crippen LogP contribution in [0.25, 0.3) is 33.3 Å². The van der Waals surface area contributed by atoms with E-state index in [1.54, 1.807) is 24.0 Å². The molecule has 0 aliphatic carbocycles. The topological polar surface area (TPSA) is 106 Å². The van der Waals surface area contributed by atoms with Crippen LogP contribution in [0.2, 0.25) is 5.02 Å².